The van der Waals surface area contributed by atoms with Gasteiger partial charge in [0.05, 0.1) is 18.8 Å². The number of carboxylic acid groups (broad SMARTS) is 1. The Morgan fingerprint density at radius 2 is 2.10 bits per heavy atom. The quantitative estimate of drug-likeness (QED) is 0.864. The highest BCUT2D eigenvalue weighted by Crippen LogP contribution is 2.35. The molecule has 0 radical (unpaired) electrons. The molecule has 6 heteroatoms. The minimum Gasteiger partial charge on any atom is -0.479 e. The summed E-state index contributed by atoms with van der Waals surface area (Å²) in [4.78, 5) is 28.1. The first kappa shape index (κ1) is 16.1. The van der Waals surface area contributed by atoms with Gasteiger partial charge in [-0.2, -0.15) is 0 Å². The minimum absolute atomic E-state index is 0.00171. The van der Waals surface area contributed by atoms with Crippen molar-refractivity contribution in [2.75, 3.05) is 19.7 Å². The van der Waals surface area contributed by atoms with Gasteiger partial charge in [0.2, 0.25) is 0 Å². The summed E-state index contributed by atoms with van der Waals surface area (Å²) in [7, 11) is 0. The normalized spacial score (nSPS) is 33.3. The Morgan fingerprint density at radius 1 is 1.38 bits per heavy atom. The van der Waals surface area contributed by atoms with Crippen LogP contribution in [0.4, 0.5) is 4.79 Å². The highest BCUT2D eigenvalue weighted by Gasteiger charge is 2.50. The topological polar surface area (TPSA) is 70.1 Å². The van der Waals surface area contributed by atoms with Crippen molar-refractivity contribution in [3.63, 3.8) is 0 Å². The molecule has 1 N–H and O–H groups in total. The number of nitrogens with zero attached hydrogens (tertiary/aromatic N) is 2. The van der Waals surface area contributed by atoms with Crippen LogP contribution in [0.3, 0.4) is 0 Å². The van der Waals surface area contributed by atoms with Crippen LogP contribution in [-0.4, -0.2) is 64.3 Å². The number of carbonyl (C=O) groups is 2. The van der Waals surface area contributed by atoms with Crippen molar-refractivity contribution in [3.8, 4) is 0 Å². The number of rotatable bonds is 3. The monoisotopic (exact) mass is 298 g/mol. The van der Waals surface area contributed by atoms with E-state index < -0.39 is 11.5 Å². The molecule has 2 fully saturated rings. The summed E-state index contributed by atoms with van der Waals surface area (Å²) in [5.74, 6) is -0.871. The van der Waals surface area contributed by atoms with Crippen molar-refractivity contribution in [2.24, 2.45) is 0 Å². The molecule has 120 valence electrons. The second-order valence-corrected chi connectivity index (χ2v) is 6.27. The number of carboxylic acids is 1. The lowest BCUT2D eigenvalue weighted by atomic mass is 9.91. The van der Waals surface area contributed by atoms with Crippen LogP contribution in [0.2, 0.25) is 0 Å². The molecule has 3 unspecified atom stereocenters. The fourth-order valence-corrected chi connectivity index (χ4v) is 3.48. The smallest absolute Gasteiger partial charge is 0.329 e. The zero-order valence-electron chi connectivity index (χ0n) is 13.2. The van der Waals surface area contributed by atoms with E-state index in [9.17, 15) is 14.7 Å². The lowest BCUT2D eigenvalue weighted by Crippen LogP contribution is -2.61. The molecular weight excluding hydrogens is 272 g/mol. The summed E-state index contributed by atoms with van der Waals surface area (Å²) in [6, 6.07) is -0.159. The molecule has 0 saturated carbocycles. The predicted molar refractivity (Wildman–Crippen MR) is 78.2 cm³/mol. The van der Waals surface area contributed by atoms with Gasteiger partial charge in [-0.15, -0.1) is 0 Å². The second kappa shape index (κ2) is 6.22. The van der Waals surface area contributed by atoms with E-state index in [0.29, 0.717) is 32.5 Å². The molecule has 6 nitrogen and oxygen atoms in total. The summed E-state index contributed by atoms with van der Waals surface area (Å²) in [6.45, 7) is 7.41. The molecule has 2 heterocycles. The fraction of sp³-hybridized carbons (Fsp3) is 0.867. The number of carbonyl (C=O) groups excluding carboxylic acids is 1. The van der Waals surface area contributed by atoms with Crippen LogP contribution >= 0.6 is 0 Å². The van der Waals surface area contributed by atoms with Gasteiger partial charge >= 0.3 is 12.0 Å². The van der Waals surface area contributed by atoms with E-state index in [1.807, 2.05) is 20.8 Å². The van der Waals surface area contributed by atoms with Crippen molar-refractivity contribution in [1.82, 2.24) is 9.80 Å². The van der Waals surface area contributed by atoms with Gasteiger partial charge in [0.1, 0.15) is 5.54 Å². The van der Waals surface area contributed by atoms with E-state index >= 15 is 0 Å². The van der Waals surface area contributed by atoms with E-state index in [4.69, 9.17) is 4.74 Å². The highest BCUT2D eigenvalue weighted by molar-refractivity contribution is 5.87. The molecule has 2 saturated heterocycles. The van der Waals surface area contributed by atoms with Gasteiger partial charge in [-0.05, 0) is 33.1 Å². The first-order chi connectivity index (χ1) is 9.92. The van der Waals surface area contributed by atoms with E-state index in [-0.39, 0.29) is 18.2 Å². The summed E-state index contributed by atoms with van der Waals surface area (Å²) < 4.78 is 5.55. The standard InChI is InChI=1S/C15H26N2O4/c1-4-6-15(13(18)19)7-5-8-17(15)14(20)16-9-12(3)21-10-11(16)2/h11-12H,4-10H2,1-3H3,(H,18,19). The fourth-order valence-electron chi connectivity index (χ4n) is 3.48. The molecule has 0 bridgehead atoms. The first-order valence-electron chi connectivity index (χ1n) is 7.85. The van der Waals surface area contributed by atoms with E-state index in [1.54, 1.807) is 9.80 Å². The number of ether oxygens (including phenoxy) is 1. The minimum atomic E-state index is -1.02. The number of likely N-dealkylation sites (tertiary alicyclic amines) is 1. The lowest BCUT2D eigenvalue weighted by molar-refractivity contribution is -0.149. The highest BCUT2D eigenvalue weighted by atomic mass is 16.5. The number of hydrogen-bond donors (Lipinski definition) is 1. The Hall–Kier alpha value is -1.30. The average Bonchev–Trinajstić information content (AvgIpc) is 2.86. The third-order valence-electron chi connectivity index (χ3n) is 4.63. The van der Waals surface area contributed by atoms with Gasteiger partial charge in [-0.1, -0.05) is 13.3 Å². The van der Waals surface area contributed by atoms with E-state index in [1.165, 1.54) is 0 Å². The molecule has 2 rings (SSSR count). The molecule has 21 heavy (non-hydrogen) atoms. The van der Waals surface area contributed by atoms with Crippen LogP contribution in [0.5, 0.6) is 0 Å². The van der Waals surface area contributed by atoms with Crippen molar-refractivity contribution < 1.29 is 19.4 Å². The van der Waals surface area contributed by atoms with Crippen molar-refractivity contribution >= 4 is 12.0 Å². The molecule has 2 aliphatic heterocycles. The number of aliphatic carboxylic acids is 1. The second-order valence-electron chi connectivity index (χ2n) is 6.27. The van der Waals surface area contributed by atoms with Crippen LogP contribution in [0.15, 0.2) is 0 Å². The Bertz CT molecular complexity index is 414. The summed E-state index contributed by atoms with van der Waals surface area (Å²) in [5.41, 5.74) is -1.02. The van der Waals surface area contributed by atoms with E-state index in [0.717, 1.165) is 12.8 Å². The lowest BCUT2D eigenvalue weighted by Gasteiger charge is -2.43. The third-order valence-corrected chi connectivity index (χ3v) is 4.63. The van der Waals surface area contributed by atoms with Crippen LogP contribution in [0.25, 0.3) is 0 Å². The van der Waals surface area contributed by atoms with Crippen LogP contribution in [-0.2, 0) is 9.53 Å². The Balaban J connectivity index is 2.22. The third kappa shape index (κ3) is 2.86. The van der Waals surface area contributed by atoms with Crippen LogP contribution < -0.4 is 0 Å². The molecule has 0 aromatic carbocycles. The molecular formula is C15H26N2O4. The van der Waals surface area contributed by atoms with Crippen LogP contribution in [0, 0.1) is 0 Å². The van der Waals surface area contributed by atoms with Crippen molar-refractivity contribution in [1.29, 1.82) is 0 Å². The van der Waals surface area contributed by atoms with Crippen molar-refractivity contribution in [3.05, 3.63) is 0 Å². The maximum Gasteiger partial charge on any atom is 0.329 e. The average molecular weight is 298 g/mol. The van der Waals surface area contributed by atoms with Gasteiger partial charge in [0.25, 0.3) is 0 Å². The first-order valence-corrected chi connectivity index (χ1v) is 7.85. The number of morpholine rings is 1. The molecule has 0 aromatic heterocycles. The molecule has 0 aliphatic carbocycles. The number of amides is 2. The molecule has 2 aliphatic rings. The summed E-state index contributed by atoms with van der Waals surface area (Å²) in [5, 5.41) is 9.69. The van der Waals surface area contributed by atoms with Crippen LogP contribution in [0.1, 0.15) is 46.5 Å². The summed E-state index contributed by atoms with van der Waals surface area (Å²) >= 11 is 0. The van der Waals surface area contributed by atoms with Gasteiger partial charge in [0.15, 0.2) is 0 Å². The zero-order valence-corrected chi connectivity index (χ0v) is 13.2. The number of hydrogen-bond acceptors (Lipinski definition) is 3. The Labute approximate surface area is 126 Å². The largest absolute Gasteiger partial charge is 0.479 e. The molecule has 2 amide bonds. The van der Waals surface area contributed by atoms with Gasteiger partial charge in [0, 0.05) is 13.1 Å². The van der Waals surface area contributed by atoms with Gasteiger partial charge in [-0.25, -0.2) is 9.59 Å². The maximum absolute atomic E-state index is 12.9. The number of urea groups is 1. The zero-order chi connectivity index (χ0) is 15.6. The van der Waals surface area contributed by atoms with E-state index in [2.05, 4.69) is 0 Å². The molecule has 0 aromatic rings. The summed E-state index contributed by atoms with van der Waals surface area (Å²) in [6.07, 6.45) is 2.58. The molecule has 3 atom stereocenters. The molecule has 0 spiro atoms. The van der Waals surface area contributed by atoms with Crippen molar-refractivity contribution in [2.45, 2.75) is 64.1 Å². The van der Waals surface area contributed by atoms with Gasteiger partial charge < -0.3 is 19.6 Å². The predicted octanol–water partition coefficient (Wildman–Crippen LogP) is 1.93. The Morgan fingerprint density at radius 3 is 2.71 bits per heavy atom. The maximum atomic E-state index is 12.9. The Kier molecular flexibility index (Phi) is 4.76. The van der Waals surface area contributed by atoms with Gasteiger partial charge in [-0.3, -0.25) is 0 Å². The SMILES string of the molecule is CCCC1(C(=O)O)CCCN1C(=O)N1CC(C)OCC1C.